The Hall–Kier alpha value is -3.85. The second kappa shape index (κ2) is 7.81. The molecule has 0 aromatic heterocycles. The van der Waals surface area contributed by atoms with E-state index in [2.05, 4.69) is 0 Å². The predicted octanol–water partition coefficient (Wildman–Crippen LogP) is 4.84. The molecule has 0 saturated carbocycles. The summed E-state index contributed by atoms with van der Waals surface area (Å²) in [6.45, 7) is 0.449. The summed E-state index contributed by atoms with van der Waals surface area (Å²) >= 11 is 0. The van der Waals surface area contributed by atoms with Gasteiger partial charge in [0, 0.05) is 6.07 Å². The summed E-state index contributed by atoms with van der Waals surface area (Å²) in [5.41, 5.74) is 1.14. The molecular formula is C20H14N2O4. The number of hydrogen-bond acceptors (Lipinski definition) is 5. The van der Waals surface area contributed by atoms with Gasteiger partial charge in [0.05, 0.1) is 16.6 Å². The van der Waals surface area contributed by atoms with E-state index < -0.39 is 4.92 Å². The van der Waals surface area contributed by atoms with Crippen molar-refractivity contribution in [1.82, 2.24) is 0 Å². The first-order valence-electron chi connectivity index (χ1n) is 7.79. The molecule has 0 saturated heterocycles. The Morgan fingerprint density at radius 2 is 1.65 bits per heavy atom. The van der Waals surface area contributed by atoms with Gasteiger partial charge in [0.15, 0.2) is 5.75 Å². The van der Waals surface area contributed by atoms with Crippen molar-refractivity contribution in [3.8, 4) is 23.3 Å². The maximum Gasteiger partial charge on any atom is 0.273 e. The van der Waals surface area contributed by atoms with Crippen LogP contribution in [0.4, 0.5) is 5.69 Å². The number of ether oxygens (including phenoxy) is 2. The molecule has 0 N–H and O–H groups in total. The van der Waals surface area contributed by atoms with Crippen LogP contribution in [0.2, 0.25) is 0 Å². The van der Waals surface area contributed by atoms with Crippen LogP contribution in [-0.4, -0.2) is 4.92 Å². The van der Waals surface area contributed by atoms with E-state index >= 15 is 0 Å². The fourth-order valence-corrected chi connectivity index (χ4v) is 2.27. The van der Waals surface area contributed by atoms with E-state index in [-0.39, 0.29) is 17.0 Å². The molecule has 0 aliphatic rings. The van der Waals surface area contributed by atoms with Crippen molar-refractivity contribution in [3.05, 3.63) is 94.0 Å². The van der Waals surface area contributed by atoms with E-state index in [1.807, 2.05) is 36.4 Å². The maximum atomic E-state index is 10.9. The Morgan fingerprint density at radius 1 is 0.962 bits per heavy atom. The molecule has 0 bridgehead atoms. The molecule has 0 spiro atoms. The quantitative estimate of drug-likeness (QED) is 0.471. The molecular weight excluding hydrogens is 332 g/mol. The van der Waals surface area contributed by atoms with Gasteiger partial charge in [0.1, 0.15) is 24.2 Å². The number of hydrogen-bond donors (Lipinski definition) is 0. The molecule has 128 valence electrons. The summed E-state index contributed by atoms with van der Waals surface area (Å²) < 4.78 is 11.3. The van der Waals surface area contributed by atoms with Gasteiger partial charge < -0.3 is 9.47 Å². The van der Waals surface area contributed by atoms with Gasteiger partial charge in [-0.05, 0) is 35.9 Å². The van der Waals surface area contributed by atoms with Crippen LogP contribution in [0.15, 0.2) is 72.8 Å². The lowest BCUT2D eigenvalue weighted by molar-refractivity contribution is -0.384. The van der Waals surface area contributed by atoms with E-state index in [9.17, 15) is 10.1 Å². The van der Waals surface area contributed by atoms with Crippen molar-refractivity contribution in [2.75, 3.05) is 0 Å². The average molecular weight is 346 g/mol. The van der Waals surface area contributed by atoms with Crippen LogP contribution < -0.4 is 9.47 Å². The van der Waals surface area contributed by atoms with Crippen LogP contribution >= 0.6 is 0 Å². The summed E-state index contributed by atoms with van der Waals surface area (Å²) in [4.78, 5) is 10.4. The molecule has 6 nitrogen and oxygen atoms in total. The van der Waals surface area contributed by atoms with Crippen molar-refractivity contribution >= 4 is 5.69 Å². The highest BCUT2D eigenvalue weighted by atomic mass is 16.6. The minimum absolute atomic E-state index is 0.137. The zero-order chi connectivity index (χ0) is 18.4. The Labute approximate surface area is 150 Å². The third kappa shape index (κ3) is 4.16. The minimum Gasteiger partial charge on any atom is -0.489 e. The molecule has 3 rings (SSSR count). The van der Waals surface area contributed by atoms with Crippen LogP contribution in [0.5, 0.6) is 17.2 Å². The van der Waals surface area contributed by atoms with Gasteiger partial charge in [0.2, 0.25) is 0 Å². The van der Waals surface area contributed by atoms with E-state index in [1.54, 1.807) is 24.3 Å². The van der Waals surface area contributed by atoms with Crippen molar-refractivity contribution in [2.45, 2.75) is 6.61 Å². The van der Waals surface area contributed by atoms with Crippen LogP contribution in [0.1, 0.15) is 11.1 Å². The standard InChI is InChI=1S/C20H14N2O4/c21-13-16-6-7-17(22(23)24)12-20(16)26-19-10-8-18(9-11-19)25-14-15-4-2-1-3-5-15/h1-12H,14H2. The topological polar surface area (TPSA) is 85.4 Å². The summed E-state index contributed by atoms with van der Waals surface area (Å²) in [5, 5.41) is 20.0. The molecule has 0 amide bonds. The first-order chi connectivity index (χ1) is 12.7. The van der Waals surface area contributed by atoms with Gasteiger partial charge in [-0.3, -0.25) is 10.1 Å². The normalized spacial score (nSPS) is 9.96. The minimum atomic E-state index is -0.533. The fraction of sp³-hybridized carbons (Fsp3) is 0.0500. The first kappa shape index (κ1) is 17.0. The molecule has 3 aromatic rings. The maximum absolute atomic E-state index is 10.9. The molecule has 0 aliphatic heterocycles. The van der Waals surface area contributed by atoms with Crippen molar-refractivity contribution in [1.29, 1.82) is 5.26 Å². The fourth-order valence-electron chi connectivity index (χ4n) is 2.27. The van der Waals surface area contributed by atoms with E-state index in [1.165, 1.54) is 18.2 Å². The summed E-state index contributed by atoms with van der Waals surface area (Å²) in [7, 11) is 0. The van der Waals surface area contributed by atoms with Gasteiger partial charge in [0.25, 0.3) is 5.69 Å². The Bertz CT molecular complexity index is 948. The van der Waals surface area contributed by atoms with Crippen molar-refractivity contribution in [3.63, 3.8) is 0 Å². The highest BCUT2D eigenvalue weighted by molar-refractivity contribution is 5.51. The highest BCUT2D eigenvalue weighted by Crippen LogP contribution is 2.30. The number of nitro groups is 1. The Morgan fingerprint density at radius 3 is 2.31 bits per heavy atom. The lowest BCUT2D eigenvalue weighted by Crippen LogP contribution is -1.95. The number of nitro benzene ring substituents is 1. The lowest BCUT2D eigenvalue weighted by Gasteiger charge is -2.09. The zero-order valence-electron chi connectivity index (χ0n) is 13.7. The van der Waals surface area contributed by atoms with E-state index in [0.717, 1.165) is 5.56 Å². The Balaban J connectivity index is 1.70. The SMILES string of the molecule is N#Cc1ccc([N+](=O)[O-])cc1Oc1ccc(OCc2ccccc2)cc1. The average Bonchev–Trinajstić information content (AvgIpc) is 2.68. The second-order valence-corrected chi connectivity index (χ2v) is 5.40. The van der Waals surface area contributed by atoms with Gasteiger partial charge in [-0.1, -0.05) is 30.3 Å². The third-order valence-electron chi connectivity index (χ3n) is 3.60. The molecule has 0 heterocycles. The smallest absolute Gasteiger partial charge is 0.273 e. The summed E-state index contributed by atoms with van der Waals surface area (Å²) in [6.07, 6.45) is 0. The second-order valence-electron chi connectivity index (χ2n) is 5.40. The number of non-ortho nitro benzene ring substituents is 1. The number of benzene rings is 3. The van der Waals surface area contributed by atoms with E-state index in [4.69, 9.17) is 14.7 Å². The van der Waals surface area contributed by atoms with Gasteiger partial charge in [-0.15, -0.1) is 0 Å². The largest absolute Gasteiger partial charge is 0.489 e. The monoisotopic (exact) mass is 346 g/mol. The zero-order valence-corrected chi connectivity index (χ0v) is 13.7. The summed E-state index contributed by atoms with van der Waals surface area (Å²) in [5.74, 6) is 1.26. The van der Waals surface area contributed by atoms with Gasteiger partial charge in [-0.2, -0.15) is 5.26 Å². The van der Waals surface area contributed by atoms with Crippen molar-refractivity contribution < 1.29 is 14.4 Å². The van der Waals surface area contributed by atoms with Crippen LogP contribution in [0, 0.1) is 21.4 Å². The van der Waals surface area contributed by atoms with Gasteiger partial charge in [-0.25, -0.2) is 0 Å². The van der Waals surface area contributed by atoms with Crippen LogP contribution in [-0.2, 0) is 6.61 Å². The summed E-state index contributed by atoms with van der Waals surface area (Å²) in [6, 6.07) is 22.5. The van der Waals surface area contributed by atoms with Crippen LogP contribution in [0.3, 0.4) is 0 Å². The molecule has 0 fully saturated rings. The number of nitrogens with zero attached hydrogens (tertiary/aromatic N) is 2. The molecule has 6 heteroatoms. The molecule has 0 unspecified atom stereocenters. The molecule has 3 aromatic carbocycles. The molecule has 0 radical (unpaired) electrons. The first-order valence-corrected chi connectivity index (χ1v) is 7.79. The number of nitriles is 1. The number of rotatable bonds is 6. The molecule has 0 atom stereocenters. The van der Waals surface area contributed by atoms with Gasteiger partial charge >= 0.3 is 0 Å². The molecule has 26 heavy (non-hydrogen) atoms. The van der Waals surface area contributed by atoms with Crippen LogP contribution in [0.25, 0.3) is 0 Å². The highest BCUT2D eigenvalue weighted by Gasteiger charge is 2.12. The third-order valence-corrected chi connectivity index (χ3v) is 3.60. The molecule has 0 aliphatic carbocycles. The Kier molecular flexibility index (Phi) is 5.11. The van der Waals surface area contributed by atoms with E-state index in [0.29, 0.717) is 18.1 Å². The lowest BCUT2D eigenvalue weighted by atomic mass is 10.2. The van der Waals surface area contributed by atoms with Crippen molar-refractivity contribution in [2.24, 2.45) is 0 Å². The predicted molar refractivity (Wildman–Crippen MR) is 95.1 cm³/mol.